The average molecular weight is 169 g/mol. The maximum Gasteiger partial charge on any atom is 0.117 e. The SMILES string of the molecule is c1cc2ccc3cc[nH]c3c2nn1. The van der Waals surface area contributed by atoms with E-state index in [2.05, 4.69) is 27.3 Å². The summed E-state index contributed by atoms with van der Waals surface area (Å²) in [7, 11) is 0. The molecule has 0 amide bonds. The first kappa shape index (κ1) is 6.60. The zero-order valence-corrected chi connectivity index (χ0v) is 6.86. The Labute approximate surface area is 74.4 Å². The number of nitrogens with one attached hydrogen (secondary N) is 1. The zero-order valence-electron chi connectivity index (χ0n) is 6.86. The van der Waals surface area contributed by atoms with Crippen molar-refractivity contribution in [1.82, 2.24) is 15.2 Å². The first-order chi connectivity index (χ1) is 6.45. The second-order valence-corrected chi connectivity index (χ2v) is 2.98. The maximum absolute atomic E-state index is 4.10. The van der Waals surface area contributed by atoms with Crippen LogP contribution >= 0.6 is 0 Å². The summed E-state index contributed by atoms with van der Waals surface area (Å²) < 4.78 is 0. The molecule has 3 aromatic rings. The molecule has 0 saturated carbocycles. The Hall–Kier alpha value is -1.90. The summed E-state index contributed by atoms with van der Waals surface area (Å²) in [6, 6.07) is 8.13. The Kier molecular flexibility index (Phi) is 1.16. The standard InChI is InChI=1S/C10H7N3/c1-2-8-4-6-12-13-10(8)9-7(1)3-5-11-9/h1-6,11H. The number of benzene rings is 1. The lowest BCUT2D eigenvalue weighted by Gasteiger charge is -1.95. The monoisotopic (exact) mass is 169 g/mol. The van der Waals surface area contributed by atoms with E-state index in [0.717, 1.165) is 16.4 Å². The van der Waals surface area contributed by atoms with Crippen LogP contribution in [0.5, 0.6) is 0 Å². The topological polar surface area (TPSA) is 41.6 Å². The third-order valence-corrected chi connectivity index (χ3v) is 2.21. The summed E-state index contributed by atoms with van der Waals surface area (Å²) >= 11 is 0. The molecule has 62 valence electrons. The molecule has 3 rings (SSSR count). The fourth-order valence-corrected chi connectivity index (χ4v) is 1.58. The maximum atomic E-state index is 4.10. The van der Waals surface area contributed by atoms with Gasteiger partial charge in [0, 0.05) is 17.0 Å². The summed E-state index contributed by atoms with van der Waals surface area (Å²) in [4.78, 5) is 3.16. The highest BCUT2D eigenvalue weighted by Gasteiger charge is 2.00. The van der Waals surface area contributed by atoms with Gasteiger partial charge in [-0.15, -0.1) is 5.10 Å². The number of rotatable bonds is 0. The van der Waals surface area contributed by atoms with Gasteiger partial charge in [0.05, 0.1) is 11.7 Å². The Morgan fingerprint density at radius 3 is 2.92 bits per heavy atom. The molecule has 0 unspecified atom stereocenters. The number of nitrogens with zero attached hydrogens (tertiary/aromatic N) is 2. The van der Waals surface area contributed by atoms with Gasteiger partial charge in [-0.25, -0.2) is 0 Å². The van der Waals surface area contributed by atoms with Gasteiger partial charge in [0.1, 0.15) is 5.52 Å². The molecule has 0 aliphatic heterocycles. The Morgan fingerprint density at radius 1 is 1.00 bits per heavy atom. The van der Waals surface area contributed by atoms with E-state index in [1.165, 1.54) is 5.39 Å². The molecule has 0 spiro atoms. The largest absolute Gasteiger partial charge is 0.359 e. The Bertz CT molecular complexity index is 568. The highest BCUT2D eigenvalue weighted by Crippen LogP contribution is 2.20. The van der Waals surface area contributed by atoms with E-state index in [-0.39, 0.29) is 0 Å². The molecule has 0 aliphatic carbocycles. The minimum absolute atomic E-state index is 0.935. The highest BCUT2D eigenvalue weighted by atomic mass is 15.1. The van der Waals surface area contributed by atoms with Gasteiger partial charge >= 0.3 is 0 Å². The molecule has 0 atom stereocenters. The highest BCUT2D eigenvalue weighted by molar-refractivity contribution is 6.02. The van der Waals surface area contributed by atoms with Crippen LogP contribution in [-0.4, -0.2) is 15.2 Å². The molecule has 0 saturated heterocycles. The van der Waals surface area contributed by atoms with Crippen molar-refractivity contribution in [3.05, 3.63) is 36.7 Å². The molecule has 1 aromatic carbocycles. The number of hydrogen-bond donors (Lipinski definition) is 1. The average Bonchev–Trinajstić information content (AvgIpc) is 2.65. The quantitative estimate of drug-likeness (QED) is 0.560. The van der Waals surface area contributed by atoms with Crippen LogP contribution in [0.1, 0.15) is 0 Å². The van der Waals surface area contributed by atoms with Crippen molar-refractivity contribution in [3.63, 3.8) is 0 Å². The molecule has 13 heavy (non-hydrogen) atoms. The smallest absolute Gasteiger partial charge is 0.117 e. The molecular formula is C10H7N3. The van der Waals surface area contributed by atoms with E-state index in [0.29, 0.717) is 0 Å². The van der Waals surface area contributed by atoms with Gasteiger partial charge in [0.15, 0.2) is 0 Å². The van der Waals surface area contributed by atoms with Gasteiger partial charge in [-0.05, 0) is 12.1 Å². The summed E-state index contributed by atoms with van der Waals surface area (Å²) in [5.74, 6) is 0. The lowest BCUT2D eigenvalue weighted by molar-refractivity contribution is 1.08. The molecule has 0 bridgehead atoms. The fourth-order valence-electron chi connectivity index (χ4n) is 1.58. The number of hydrogen-bond acceptors (Lipinski definition) is 2. The van der Waals surface area contributed by atoms with Gasteiger partial charge in [0.2, 0.25) is 0 Å². The van der Waals surface area contributed by atoms with Crippen molar-refractivity contribution in [3.8, 4) is 0 Å². The van der Waals surface area contributed by atoms with Crippen molar-refractivity contribution in [2.45, 2.75) is 0 Å². The van der Waals surface area contributed by atoms with E-state index < -0.39 is 0 Å². The molecule has 3 heteroatoms. The zero-order chi connectivity index (χ0) is 8.67. The van der Waals surface area contributed by atoms with E-state index in [4.69, 9.17) is 0 Å². The van der Waals surface area contributed by atoms with Crippen molar-refractivity contribution in [2.24, 2.45) is 0 Å². The van der Waals surface area contributed by atoms with Crippen LogP contribution in [0.3, 0.4) is 0 Å². The van der Waals surface area contributed by atoms with E-state index >= 15 is 0 Å². The normalized spacial score (nSPS) is 11.1. The van der Waals surface area contributed by atoms with Gasteiger partial charge in [-0.2, -0.15) is 5.10 Å². The van der Waals surface area contributed by atoms with Crippen molar-refractivity contribution in [1.29, 1.82) is 0 Å². The van der Waals surface area contributed by atoms with Crippen LogP contribution in [0.2, 0.25) is 0 Å². The predicted octanol–water partition coefficient (Wildman–Crippen LogP) is 2.11. The number of aromatic nitrogens is 3. The van der Waals surface area contributed by atoms with Crippen LogP contribution in [0.4, 0.5) is 0 Å². The van der Waals surface area contributed by atoms with Gasteiger partial charge < -0.3 is 4.98 Å². The molecule has 2 heterocycles. The van der Waals surface area contributed by atoms with E-state index in [1.54, 1.807) is 6.20 Å². The number of fused-ring (bicyclic) bond motifs is 3. The second-order valence-electron chi connectivity index (χ2n) is 2.98. The summed E-state index contributed by atoms with van der Waals surface area (Å²) in [5.41, 5.74) is 2.00. The molecule has 2 aromatic heterocycles. The lowest BCUT2D eigenvalue weighted by Crippen LogP contribution is -1.83. The predicted molar refractivity (Wildman–Crippen MR) is 51.4 cm³/mol. The van der Waals surface area contributed by atoms with Gasteiger partial charge in [0.25, 0.3) is 0 Å². The van der Waals surface area contributed by atoms with Crippen molar-refractivity contribution in [2.75, 3.05) is 0 Å². The fraction of sp³-hybridized carbons (Fsp3) is 0. The van der Waals surface area contributed by atoms with Crippen molar-refractivity contribution >= 4 is 21.8 Å². The summed E-state index contributed by atoms with van der Waals surface area (Å²) in [6.07, 6.45) is 3.62. The minimum Gasteiger partial charge on any atom is -0.359 e. The molecule has 0 fully saturated rings. The van der Waals surface area contributed by atoms with Crippen LogP contribution in [0.25, 0.3) is 21.8 Å². The molecule has 0 aliphatic rings. The van der Waals surface area contributed by atoms with Crippen LogP contribution in [0, 0.1) is 0 Å². The van der Waals surface area contributed by atoms with Gasteiger partial charge in [-0.3, -0.25) is 0 Å². The summed E-state index contributed by atoms with van der Waals surface area (Å²) in [5, 5.41) is 10.3. The first-order valence-corrected chi connectivity index (χ1v) is 4.13. The second kappa shape index (κ2) is 2.29. The number of aromatic amines is 1. The van der Waals surface area contributed by atoms with Crippen LogP contribution < -0.4 is 0 Å². The third kappa shape index (κ3) is 0.839. The van der Waals surface area contributed by atoms with E-state index in [9.17, 15) is 0 Å². The van der Waals surface area contributed by atoms with Crippen LogP contribution in [0.15, 0.2) is 36.7 Å². The Morgan fingerprint density at radius 2 is 1.92 bits per heavy atom. The lowest BCUT2D eigenvalue weighted by atomic mass is 10.2. The molecule has 1 N–H and O–H groups in total. The van der Waals surface area contributed by atoms with Crippen LogP contribution in [-0.2, 0) is 0 Å². The summed E-state index contributed by atoms with van der Waals surface area (Å²) in [6.45, 7) is 0. The first-order valence-electron chi connectivity index (χ1n) is 4.13. The third-order valence-electron chi connectivity index (χ3n) is 2.21. The molecule has 3 nitrogen and oxygen atoms in total. The minimum atomic E-state index is 0.935. The number of H-pyrrole nitrogens is 1. The van der Waals surface area contributed by atoms with E-state index in [1.807, 2.05) is 18.3 Å². The molecule has 0 radical (unpaired) electrons. The van der Waals surface area contributed by atoms with Gasteiger partial charge in [-0.1, -0.05) is 12.1 Å². The molecular weight excluding hydrogens is 162 g/mol. The van der Waals surface area contributed by atoms with Crippen molar-refractivity contribution < 1.29 is 0 Å². The Balaban J connectivity index is 2.65.